The molecule has 0 fully saturated rings. The van der Waals surface area contributed by atoms with Crippen molar-refractivity contribution in [3.05, 3.63) is 59.7 Å². The van der Waals surface area contributed by atoms with Gasteiger partial charge < -0.3 is 20.9 Å². The van der Waals surface area contributed by atoms with Crippen molar-refractivity contribution < 1.29 is 24.2 Å². The van der Waals surface area contributed by atoms with E-state index in [1.807, 2.05) is 48.5 Å². The number of rotatable bonds is 9. The van der Waals surface area contributed by atoms with E-state index >= 15 is 0 Å². The van der Waals surface area contributed by atoms with Crippen molar-refractivity contribution in [1.82, 2.24) is 5.32 Å². The number of nitrogens with one attached hydrogen (secondary N) is 1. The van der Waals surface area contributed by atoms with Crippen LogP contribution in [0.5, 0.6) is 0 Å². The molecule has 152 valence electrons. The highest BCUT2D eigenvalue weighted by Crippen LogP contribution is 2.44. The zero-order chi connectivity index (χ0) is 20.8. The average molecular weight is 396 g/mol. The molecule has 3 rings (SSSR count). The molecule has 0 radical (unpaired) electrons. The molecule has 7 heteroatoms. The molecule has 0 spiro atoms. The summed E-state index contributed by atoms with van der Waals surface area (Å²) in [6.07, 6.45) is 0.563. The number of ether oxygens (including phenoxy) is 1. The molecular formula is C22H24N2O5. The number of primary amides is 1. The van der Waals surface area contributed by atoms with Gasteiger partial charge in [0.15, 0.2) is 0 Å². The molecule has 2 aromatic carbocycles. The number of benzene rings is 2. The van der Waals surface area contributed by atoms with Crippen LogP contribution >= 0.6 is 0 Å². The number of carboxylic acids is 1. The van der Waals surface area contributed by atoms with Crippen LogP contribution in [0.3, 0.4) is 0 Å². The third-order valence-corrected chi connectivity index (χ3v) is 5.10. The number of amides is 2. The lowest BCUT2D eigenvalue weighted by molar-refractivity contribution is -0.139. The van der Waals surface area contributed by atoms with Crippen LogP contribution in [-0.4, -0.2) is 35.7 Å². The largest absolute Gasteiger partial charge is 0.480 e. The molecule has 1 aliphatic rings. The number of fused-ring (bicyclic) bond motifs is 3. The van der Waals surface area contributed by atoms with Gasteiger partial charge in [-0.05, 0) is 35.1 Å². The van der Waals surface area contributed by atoms with Gasteiger partial charge >= 0.3 is 12.1 Å². The molecule has 0 bridgehead atoms. The Labute approximate surface area is 168 Å². The molecular weight excluding hydrogens is 372 g/mol. The van der Waals surface area contributed by atoms with Crippen molar-refractivity contribution in [2.45, 2.75) is 37.6 Å². The Bertz CT molecular complexity index is 866. The fourth-order valence-electron chi connectivity index (χ4n) is 3.69. The number of aliphatic carboxylic acids is 1. The lowest BCUT2D eigenvalue weighted by Gasteiger charge is -2.17. The van der Waals surface area contributed by atoms with E-state index in [0.717, 1.165) is 22.3 Å². The highest BCUT2D eigenvalue weighted by atomic mass is 16.5. The molecule has 0 aromatic heterocycles. The van der Waals surface area contributed by atoms with Crippen molar-refractivity contribution in [1.29, 1.82) is 0 Å². The summed E-state index contributed by atoms with van der Waals surface area (Å²) < 4.78 is 5.38. The molecule has 1 aliphatic carbocycles. The fraction of sp³-hybridized carbons (Fsp3) is 0.318. The molecule has 29 heavy (non-hydrogen) atoms. The van der Waals surface area contributed by atoms with Gasteiger partial charge in [-0.3, -0.25) is 4.79 Å². The maximum absolute atomic E-state index is 12.2. The SMILES string of the molecule is NC(=O)CCCC[C@H](NC(=O)OCC1c2ccccc2-c2ccccc21)C(=O)O. The predicted molar refractivity (Wildman–Crippen MR) is 107 cm³/mol. The first kappa shape index (κ1) is 20.4. The number of alkyl carbamates (subject to hydrolysis) is 1. The minimum absolute atomic E-state index is 0.0907. The normalized spacial score (nSPS) is 13.2. The molecule has 0 aliphatic heterocycles. The summed E-state index contributed by atoms with van der Waals surface area (Å²) in [7, 11) is 0. The van der Waals surface area contributed by atoms with Crippen LogP contribution in [0.15, 0.2) is 48.5 Å². The molecule has 4 N–H and O–H groups in total. The Morgan fingerprint density at radius 2 is 1.59 bits per heavy atom. The first-order valence-electron chi connectivity index (χ1n) is 9.60. The van der Waals surface area contributed by atoms with Crippen LogP contribution < -0.4 is 11.1 Å². The van der Waals surface area contributed by atoms with E-state index in [9.17, 15) is 19.5 Å². The van der Waals surface area contributed by atoms with Gasteiger partial charge in [-0.1, -0.05) is 55.0 Å². The van der Waals surface area contributed by atoms with E-state index in [-0.39, 0.29) is 25.4 Å². The second-order valence-electron chi connectivity index (χ2n) is 7.07. The van der Waals surface area contributed by atoms with Crippen molar-refractivity contribution in [2.75, 3.05) is 6.61 Å². The summed E-state index contributed by atoms with van der Waals surface area (Å²) in [5.41, 5.74) is 9.48. The molecule has 0 saturated carbocycles. The van der Waals surface area contributed by atoms with E-state index < -0.39 is 24.0 Å². The lowest BCUT2D eigenvalue weighted by atomic mass is 9.98. The van der Waals surface area contributed by atoms with Gasteiger partial charge in [-0.15, -0.1) is 0 Å². The molecule has 0 unspecified atom stereocenters. The van der Waals surface area contributed by atoms with Crippen LogP contribution in [0.1, 0.15) is 42.7 Å². The quantitative estimate of drug-likeness (QED) is 0.563. The molecule has 0 saturated heterocycles. The lowest BCUT2D eigenvalue weighted by Crippen LogP contribution is -2.41. The first-order valence-corrected chi connectivity index (χ1v) is 9.60. The fourth-order valence-corrected chi connectivity index (χ4v) is 3.69. The summed E-state index contributed by atoms with van der Waals surface area (Å²) in [4.78, 5) is 34.4. The Morgan fingerprint density at radius 3 is 2.14 bits per heavy atom. The minimum atomic E-state index is -1.14. The summed E-state index contributed by atoms with van der Waals surface area (Å²) in [6.45, 7) is 0.119. The topological polar surface area (TPSA) is 119 Å². The van der Waals surface area contributed by atoms with Crippen molar-refractivity contribution >= 4 is 18.0 Å². The van der Waals surface area contributed by atoms with Crippen LogP contribution in [0.25, 0.3) is 11.1 Å². The van der Waals surface area contributed by atoms with Crippen molar-refractivity contribution in [3.63, 3.8) is 0 Å². The van der Waals surface area contributed by atoms with Crippen molar-refractivity contribution in [2.24, 2.45) is 5.73 Å². The standard InChI is InChI=1S/C22H24N2O5/c23-20(25)12-6-5-11-19(21(26)27)24-22(28)29-13-18-16-9-3-1-7-14(16)15-8-2-4-10-17(15)18/h1-4,7-10,18-19H,5-6,11-13H2,(H2,23,25)(H,24,28)(H,26,27)/t19-/m0/s1. The van der Waals surface area contributed by atoms with E-state index in [2.05, 4.69) is 5.32 Å². The third-order valence-electron chi connectivity index (χ3n) is 5.10. The number of nitrogens with two attached hydrogens (primary N) is 1. The zero-order valence-electron chi connectivity index (χ0n) is 16.0. The minimum Gasteiger partial charge on any atom is -0.480 e. The van der Waals surface area contributed by atoms with E-state index in [1.54, 1.807) is 0 Å². The third kappa shape index (κ3) is 4.93. The molecule has 2 amide bonds. The van der Waals surface area contributed by atoms with Gasteiger partial charge in [0.1, 0.15) is 12.6 Å². The number of hydrogen-bond donors (Lipinski definition) is 3. The molecule has 2 aromatic rings. The van der Waals surface area contributed by atoms with Gasteiger partial charge in [-0.25, -0.2) is 9.59 Å². The summed E-state index contributed by atoms with van der Waals surface area (Å²) in [5.74, 6) is -1.66. The van der Waals surface area contributed by atoms with Gasteiger partial charge in [0.05, 0.1) is 0 Å². The predicted octanol–water partition coefficient (Wildman–Crippen LogP) is 3.02. The Hall–Kier alpha value is -3.35. The van der Waals surface area contributed by atoms with Gasteiger partial charge in [0.2, 0.25) is 5.91 Å². The van der Waals surface area contributed by atoms with Gasteiger partial charge in [0, 0.05) is 12.3 Å². The smallest absolute Gasteiger partial charge is 0.407 e. The maximum Gasteiger partial charge on any atom is 0.407 e. The number of carboxylic acid groups (broad SMARTS) is 1. The molecule has 1 atom stereocenters. The summed E-state index contributed by atoms with van der Waals surface area (Å²) in [6, 6.07) is 14.9. The average Bonchev–Trinajstić information content (AvgIpc) is 3.02. The van der Waals surface area contributed by atoms with Crippen molar-refractivity contribution in [3.8, 4) is 11.1 Å². The van der Waals surface area contributed by atoms with Crippen LogP contribution in [0.4, 0.5) is 4.79 Å². The van der Waals surface area contributed by atoms with Crippen LogP contribution in [0.2, 0.25) is 0 Å². The van der Waals surface area contributed by atoms with E-state index in [0.29, 0.717) is 12.8 Å². The molecule has 0 heterocycles. The second kappa shape index (κ2) is 9.23. The monoisotopic (exact) mass is 396 g/mol. The number of unbranched alkanes of at least 4 members (excludes halogenated alkanes) is 1. The Balaban J connectivity index is 1.58. The summed E-state index contributed by atoms with van der Waals surface area (Å²) >= 11 is 0. The van der Waals surface area contributed by atoms with Gasteiger partial charge in [0.25, 0.3) is 0 Å². The second-order valence-corrected chi connectivity index (χ2v) is 7.07. The van der Waals surface area contributed by atoms with Crippen LogP contribution in [-0.2, 0) is 14.3 Å². The van der Waals surface area contributed by atoms with E-state index in [1.165, 1.54) is 0 Å². The number of carbonyl (C=O) groups is 3. The highest BCUT2D eigenvalue weighted by molar-refractivity contribution is 5.81. The number of hydrogen-bond acceptors (Lipinski definition) is 4. The first-order chi connectivity index (χ1) is 14.0. The van der Waals surface area contributed by atoms with Crippen LogP contribution in [0, 0.1) is 0 Å². The zero-order valence-corrected chi connectivity index (χ0v) is 16.0. The summed E-state index contributed by atoms with van der Waals surface area (Å²) in [5, 5.41) is 11.7. The highest BCUT2D eigenvalue weighted by Gasteiger charge is 2.29. The van der Waals surface area contributed by atoms with E-state index in [4.69, 9.17) is 10.5 Å². The molecule has 7 nitrogen and oxygen atoms in total. The Morgan fingerprint density at radius 1 is 1.00 bits per heavy atom. The van der Waals surface area contributed by atoms with Gasteiger partial charge in [-0.2, -0.15) is 0 Å². The Kier molecular flexibility index (Phi) is 6.49. The number of carbonyl (C=O) groups excluding carboxylic acids is 2. The maximum atomic E-state index is 12.2.